The van der Waals surface area contributed by atoms with Gasteiger partial charge in [-0.05, 0) is 6.92 Å². The summed E-state index contributed by atoms with van der Waals surface area (Å²) in [6.45, 7) is 1.97. The van der Waals surface area contributed by atoms with Gasteiger partial charge in [0.2, 0.25) is 0 Å². The number of hydrogen-bond acceptors (Lipinski definition) is 2. The third kappa shape index (κ3) is 0.603. The zero-order valence-electron chi connectivity index (χ0n) is 5.65. The van der Waals surface area contributed by atoms with Crippen LogP contribution in [0.4, 0.5) is 0 Å². The Hall–Kier alpha value is -1.38. The van der Waals surface area contributed by atoms with Crippen molar-refractivity contribution in [2.24, 2.45) is 0 Å². The highest BCUT2D eigenvalue weighted by atomic mass is 15.0. The molecule has 3 nitrogen and oxygen atoms in total. The van der Waals surface area contributed by atoms with Crippen LogP contribution in [0.5, 0.6) is 0 Å². The van der Waals surface area contributed by atoms with Gasteiger partial charge in [-0.2, -0.15) is 0 Å². The average molecular weight is 133 g/mol. The van der Waals surface area contributed by atoms with Gasteiger partial charge in [0, 0.05) is 12.4 Å². The fourth-order valence-corrected chi connectivity index (χ4v) is 0.987. The van der Waals surface area contributed by atoms with E-state index < -0.39 is 0 Å². The Kier molecular flexibility index (Phi) is 0.974. The second-order valence-corrected chi connectivity index (χ2v) is 2.20. The molecule has 0 aliphatic carbocycles. The molecule has 0 aliphatic heterocycles. The van der Waals surface area contributed by atoms with Gasteiger partial charge in [-0.1, -0.05) is 0 Å². The number of imidazole rings is 1. The summed E-state index contributed by atoms with van der Waals surface area (Å²) in [5.41, 5.74) is 2.09. The number of rotatable bonds is 0. The van der Waals surface area contributed by atoms with E-state index in [1.54, 1.807) is 12.5 Å². The van der Waals surface area contributed by atoms with Crippen LogP contribution >= 0.6 is 0 Å². The first-order valence-electron chi connectivity index (χ1n) is 3.11. The second kappa shape index (κ2) is 1.80. The SMILES string of the molecule is Cc1nccn2cncc12. The Morgan fingerprint density at radius 3 is 3.20 bits per heavy atom. The Balaban J connectivity index is 2.95. The molecule has 0 N–H and O–H groups in total. The van der Waals surface area contributed by atoms with E-state index in [0.29, 0.717) is 0 Å². The van der Waals surface area contributed by atoms with E-state index in [1.807, 2.05) is 23.7 Å². The quantitative estimate of drug-likeness (QED) is 0.537. The first-order chi connectivity index (χ1) is 4.88. The summed E-state index contributed by atoms with van der Waals surface area (Å²) in [7, 11) is 0. The Bertz CT molecular complexity index is 350. The fraction of sp³-hybridized carbons (Fsp3) is 0.143. The van der Waals surface area contributed by atoms with Gasteiger partial charge in [0.25, 0.3) is 0 Å². The lowest BCUT2D eigenvalue weighted by Crippen LogP contribution is -1.86. The van der Waals surface area contributed by atoms with Crippen LogP contribution in [-0.2, 0) is 0 Å². The van der Waals surface area contributed by atoms with Crippen LogP contribution in [0.3, 0.4) is 0 Å². The number of hydrogen-bond donors (Lipinski definition) is 0. The third-order valence-electron chi connectivity index (χ3n) is 1.53. The summed E-state index contributed by atoms with van der Waals surface area (Å²) in [5, 5.41) is 0. The summed E-state index contributed by atoms with van der Waals surface area (Å²) in [6.07, 6.45) is 7.23. The molecule has 0 aromatic carbocycles. The average Bonchev–Trinajstić information content (AvgIpc) is 2.36. The summed E-state index contributed by atoms with van der Waals surface area (Å²) < 4.78 is 1.95. The highest BCUT2D eigenvalue weighted by Crippen LogP contribution is 2.03. The number of nitrogens with zero attached hydrogens (tertiary/aromatic N) is 3. The first kappa shape index (κ1) is 5.41. The minimum Gasteiger partial charge on any atom is -0.303 e. The van der Waals surface area contributed by atoms with Crippen molar-refractivity contribution in [1.29, 1.82) is 0 Å². The van der Waals surface area contributed by atoms with E-state index in [0.717, 1.165) is 11.2 Å². The molecule has 0 aliphatic rings. The third-order valence-corrected chi connectivity index (χ3v) is 1.53. The highest BCUT2D eigenvalue weighted by Gasteiger charge is 1.94. The van der Waals surface area contributed by atoms with E-state index >= 15 is 0 Å². The molecule has 0 saturated carbocycles. The van der Waals surface area contributed by atoms with Crippen molar-refractivity contribution in [3.8, 4) is 0 Å². The maximum Gasteiger partial charge on any atom is 0.0993 e. The molecule has 10 heavy (non-hydrogen) atoms. The van der Waals surface area contributed by atoms with E-state index in [9.17, 15) is 0 Å². The van der Waals surface area contributed by atoms with Crippen molar-refractivity contribution in [3.63, 3.8) is 0 Å². The zero-order chi connectivity index (χ0) is 6.97. The standard InChI is InChI=1S/C7H7N3/c1-6-7-4-8-5-10(7)3-2-9-6/h2-5H,1H3. The monoisotopic (exact) mass is 133 g/mol. The van der Waals surface area contributed by atoms with E-state index in [-0.39, 0.29) is 0 Å². The van der Waals surface area contributed by atoms with Crippen molar-refractivity contribution in [3.05, 3.63) is 30.6 Å². The lowest BCUT2D eigenvalue weighted by molar-refractivity contribution is 1.08. The van der Waals surface area contributed by atoms with Gasteiger partial charge in [0.15, 0.2) is 0 Å². The smallest absolute Gasteiger partial charge is 0.0993 e. The predicted octanol–water partition coefficient (Wildman–Crippen LogP) is 1.04. The summed E-state index contributed by atoms with van der Waals surface area (Å²) >= 11 is 0. The van der Waals surface area contributed by atoms with Crippen LogP contribution in [0.15, 0.2) is 24.9 Å². The lowest BCUT2D eigenvalue weighted by atomic mass is 10.4. The van der Waals surface area contributed by atoms with E-state index in [1.165, 1.54) is 0 Å². The van der Waals surface area contributed by atoms with E-state index in [4.69, 9.17) is 0 Å². The van der Waals surface area contributed by atoms with Crippen LogP contribution in [0, 0.1) is 6.92 Å². The second-order valence-electron chi connectivity index (χ2n) is 2.20. The Morgan fingerprint density at radius 2 is 2.40 bits per heavy atom. The molecule has 2 aromatic rings. The highest BCUT2D eigenvalue weighted by molar-refractivity contribution is 5.48. The zero-order valence-corrected chi connectivity index (χ0v) is 5.65. The molecule has 0 fully saturated rings. The maximum absolute atomic E-state index is 4.12. The molecule has 0 saturated heterocycles. The molecule has 2 heterocycles. The van der Waals surface area contributed by atoms with Gasteiger partial charge in [0.1, 0.15) is 0 Å². The summed E-state index contributed by atoms with van der Waals surface area (Å²) in [4.78, 5) is 8.10. The van der Waals surface area contributed by atoms with Crippen LogP contribution in [0.1, 0.15) is 5.69 Å². The molecule has 50 valence electrons. The fourth-order valence-electron chi connectivity index (χ4n) is 0.987. The molecule has 2 rings (SSSR count). The molecule has 0 spiro atoms. The van der Waals surface area contributed by atoms with Crippen molar-refractivity contribution >= 4 is 5.52 Å². The molecule has 2 aromatic heterocycles. The van der Waals surface area contributed by atoms with Crippen LogP contribution < -0.4 is 0 Å². The minimum absolute atomic E-state index is 1.01. The van der Waals surface area contributed by atoms with Crippen LogP contribution in [0.25, 0.3) is 5.52 Å². The molecular weight excluding hydrogens is 126 g/mol. The van der Waals surface area contributed by atoms with Gasteiger partial charge >= 0.3 is 0 Å². The van der Waals surface area contributed by atoms with Gasteiger partial charge in [-0.15, -0.1) is 0 Å². The van der Waals surface area contributed by atoms with E-state index in [2.05, 4.69) is 9.97 Å². The number of aryl methyl sites for hydroxylation is 1. The van der Waals surface area contributed by atoms with Gasteiger partial charge in [-0.3, -0.25) is 4.98 Å². The maximum atomic E-state index is 4.12. The molecule has 0 atom stereocenters. The van der Waals surface area contributed by atoms with Crippen molar-refractivity contribution in [2.75, 3.05) is 0 Å². The molecular formula is C7H7N3. The first-order valence-corrected chi connectivity index (χ1v) is 3.11. The topological polar surface area (TPSA) is 30.2 Å². The van der Waals surface area contributed by atoms with Crippen molar-refractivity contribution in [1.82, 2.24) is 14.4 Å². The molecule has 0 unspecified atom stereocenters. The Labute approximate surface area is 58.4 Å². The summed E-state index contributed by atoms with van der Waals surface area (Å²) in [6, 6.07) is 0. The molecule has 0 radical (unpaired) electrons. The molecule has 3 heteroatoms. The van der Waals surface area contributed by atoms with Crippen molar-refractivity contribution in [2.45, 2.75) is 6.92 Å². The van der Waals surface area contributed by atoms with Gasteiger partial charge < -0.3 is 4.40 Å². The van der Waals surface area contributed by atoms with Crippen LogP contribution in [-0.4, -0.2) is 14.4 Å². The number of aromatic nitrogens is 3. The minimum atomic E-state index is 1.01. The lowest BCUT2D eigenvalue weighted by Gasteiger charge is -1.93. The predicted molar refractivity (Wildman–Crippen MR) is 37.7 cm³/mol. The normalized spacial score (nSPS) is 10.5. The summed E-state index contributed by atoms with van der Waals surface area (Å²) in [5.74, 6) is 0. The largest absolute Gasteiger partial charge is 0.303 e. The van der Waals surface area contributed by atoms with Gasteiger partial charge in [0.05, 0.1) is 23.7 Å². The van der Waals surface area contributed by atoms with Crippen LogP contribution in [0.2, 0.25) is 0 Å². The Morgan fingerprint density at radius 1 is 1.50 bits per heavy atom. The number of fused-ring (bicyclic) bond motifs is 1. The molecule has 0 bridgehead atoms. The molecule has 0 amide bonds. The van der Waals surface area contributed by atoms with Crippen molar-refractivity contribution < 1.29 is 0 Å². The van der Waals surface area contributed by atoms with Gasteiger partial charge in [-0.25, -0.2) is 4.98 Å².